The minimum Gasteiger partial charge on any atom is -0.494 e. The molecule has 1 aromatic rings. The summed E-state index contributed by atoms with van der Waals surface area (Å²) in [6, 6.07) is 9.38. The van der Waals surface area contributed by atoms with Gasteiger partial charge in [0, 0.05) is 6.42 Å². The second kappa shape index (κ2) is 7.27. The molecule has 3 N–H and O–H groups in total. The number of ether oxygens (including phenoxy) is 1. The van der Waals surface area contributed by atoms with Crippen LogP contribution in [0.4, 0.5) is 0 Å². The SMILES string of the molecule is NC(=O)CNC(=O)CCCOc1ccccc1. The molecule has 0 atom stereocenters. The number of carbonyl (C=O) groups is 2. The Morgan fingerprint density at radius 2 is 1.94 bits per heavy atom. The molecular formula is C12H16N2O3. The van der Waals surface area contributed by atoms with Crippen molar-refractivity contribution in [3.8, 4) is 5.75 Å². The van der Waals surface area contributed by atoms with Crippen LogP contribution in [-0.2, 0) is 9.59 Å². The van der Waals surface area contributed by atoms with Crippen LogP contribution in [0.5, 0.6) is 5.75 Å². The molecule has 17 heavy (non-hydrogen) atoms. The van der Waals surface area contributed by atoms with E-state index in [9.17, 15) is 9.59 Å². The minimum atomic E-state index is -0.543. The smallest absolute Gasteiger partial charge is 0.236 e. The second-order valence-electron chi connectivity index (χ2n) is 3.51. The fourth-order valence-corrected chi connectivity index (χ4v) is 1.21. The molecule has 5 nitrogen and oxygen atoms in total. The lowest BCUT2D eigenvalue weighted by Gasteiger charge is -2.05. The molecule has 0 bridgehead atoms. The Hall–Kier alpha value is -2.04. The molecule has 0 aliphatic rings. The van der Waals surface area contributed by atoms with Crippen molar-refractivity contribution in [3.05, 3.63) is 30.3 Å². The number of nitrogens with one attached hydrogen (secondary N) is 1. The quantitative estimate of drug-likeness (QED) is 0.674. The summed E-state index contributed by atoms with van der Waals surface area (Å²) in [5.41, 5.74) is 4.89. The van der Waals surface area contributed by atoms with Crippen molar-refractivity contribution in [3.63, 3.8) is 0 Å². The molecule has 0 saturated carbocycles. The minimum absolute atomic E-state index is 0.113. The Labute approximate surface area is 99.9 Å². The van der Waals surface area contributed by atoms with Crippen LogP contribution in [0.2, 0.25) is 0 Å². The molecule has 5 heteroatoms. The van der Waals surface area contributed by atoms with Crippen LogP contribution < -0.4 is 15.8 Å². The summed E-state index contributed by atoms with van der Waals surface area (Å²) in [5, 5.41) is 2.41. The predicted octanol–water partition coefficient (Wildman–Crippen LogP) is 0.447. The highest BCUT2D eigenvalue weighted by Gasteiger charge is 2.02. The maximum Gasteiger partial charge on any atom is 0.236 e. The maximum atomic E-state index is 11.2. The zero-order valence-corrected chi connectivity index (χ0v) is 9.52. The molecule has 92 valence electrons. The normalized spacial score (nSPS) is 9.65. The summed E-state index contributed by atoms with van der Waals surface area (Å²) in [7, 11) is 0. The Balaban J connectivity index is 2.08. The summed E-state index contributed by atoms with van der Waals surface area (Å²) in [6.45, 7) is 0.354. The van der Waals surface area contributed by atoms with Crippen molar-refractivity contribution in [2.75, 3.05) is 13.2 Å². The molecule has 0 saturated heterocycles. The first-order valence-corrected chi connectivity index (χ1v) is 5.41. The molecule has 0 aliphatic heterocycles. The zero-order valence-electron chi connectivity index (χ0n) is 9.52. The third-order valence-electron chi connectivity index (χ3n) is 2.02. The lowest BCUT2D eigenvalue weighted by atomic mass is 10.3. The number of rotatable bonds is 7. The fraction of sp³-hybridized carbons (Fsp3) is 0.333. The molecule has 0 aliphatic carbocycles. The standard InChI is InChI=1S/C12H16N2O3/c13-11(15)9-14-12(16)7-4-8-17-10-5-2-1-3-6-10/h1-3,5-6H,4,7-9H2,(H2,13,15)(H,14,16). The van der Waals surface area contributed by atoms with Gasteiger partial charge in [-0.15, -0.1) is 0 Å². The summed E-state index contributed by atoms with van der Waals surface area (Å²) in [4.78, 5) is 21.6. The first-order valence-electron chi connectivity index (χ1n) is 5.41. The van der Waals surface area contributed by atoms with Gasteiger partial charge in [-0.2, -0.15) is 0 Å². The van der Waals surface area contributed by atoms with Crippen molar-refractivity contribution in [1.29, 1.82) is 0 Å². The highest BCUT2D eigenvalue weighted by atomic mass is 16.5. The van der Waals surface area contributed by atoms with Crippen LogP contribution in [-0.4, -0.2) is 25.0 Å². The van der Waals surface area contributed by atoms with Crippen molar-refractivity contribution in [1.82, 2.24) is 5.32 Å². The average molecular weight is 236 g/mol. The maximum absolute atomic E-state index is 11.2. The number of benzene rings is 1. The van der Waals surface area contributed by atoms with E-state index >= 15 is 0 Å². The molecule has 0 unspecified atom stereocenters. The van der Waals surface area contributed by atoms with Crippen LogP contribution in [0, 0.1) is 0 Å². The number of nitrogens with two attached hydrogens (primary N) is 1. The van der Waals surface area contributed by atoms with Gasteiger partial charge in [0.15, 0.2) is 0 Å². The van der Waals surface area contributed by atoms with Gasteiger partial charge < -0.3 is 15.8 Å². The largest absolute Gasteiger partial charge is 0.494 e. The van der Waals surface area contributed by atoms with Crippen LogP contribution in [0.15, 0.2) is 30.3 Å². The van der Waals surface area contributed by atoms with Crippen LogP contribution in [0.1, 0.15) is 12.8 Å². The predicted molar refractivity (Wildman–Crippen MR) is 63.4 cm³/mol. The lowest BCUT2D eigenvalue weighted by molar-refractivity contribution is -0.124. The monoisotopic (exact) mass is 236 g/mol. The second-order valence-corrected chi connectivity index (χ2v) is 3.51. The Kier molecular flexibility index (Phi) is 5.57. The zero-order chi connectivity index (χ0) is 12.5. The van der Waals surface area contributed by atoms with E-state index < -0.39 is 5.91 Å². The summed E-state index contributed by atoms with van der Waals surface area (Å²) < 4.78 is 5.41. The van der Waals surface area contributed by atoms with Gasteiger partial charge in [-0.3, -0.25) is 9.59 Å². The van der Waals surface area contributed by atoms with E-state index in [0.717, 1.165) is 5.75 Å². The first kappa shape index (κ1) is 13.0. The number of para-hydroxylation sites is 1. The van der Waals surface area contributed by atoms with Crippen molar-refractivity contribution < 1.29 is 14.3 Å². The third-order valence-corrected chi connectivity index (χ3v) is 2.02. The number of hydrogen-bond donors (Lipinski definition) is 2. The van der Waals surface area contributed by atoms with E-state index in [2.05, 4.69) is 5.32 Å². The van der Waals surface area contributed by atoms with E-state index in [1.54, 1.807) is 0 Å². The van der Waals surface area contributed by atoms with Crippen molar-refractivity contribution in [2.45, 2.75) is 12.8 Å². The van der Waals surface area contributed by atoms with E-state index in [0.29, 0.717) is 19.4 Å². The average Bonchev–Trinajstić information content (AvgIpc) is 2.33. The third kappa shape index (κ3) is 6.19. The topological polar surface area (TPSA) is 81.4 Å². The van der Waals surface area contributed by atoms with E-state index in [1.165, 1.54) is 0 Å². The fourth-order valence-electron chi connectivity index (χ4n) is 1.21. The Morgan fingerprint density at radius 1 is 1.24 bits per heavy atom. The van der Waals surface area contributed by atoms with Gasteiger partial charge >= 0.3 is 0 Å². The van der Waals surface area contributed by atoms with Gasteiger partial charge in [-0.25, -0.2) is 0 Å². The van der Waals surface area contributed by atoms with Crippen molar-refractivity contribution >= 4 is 11.8 Å². The molecule has 0 fully saturated rings. The van der Waals surface area contributed by atoms with Gasteiger partial charge in [-0.1, -0.05) is 18.2 Å². The van der Waals surface area contributed by atoms with E-state index in [1.807, 2.05) is 30.3 Å². The van der Waals surface area contributed by atoms with Crippen molar-refractivity contribution in [2.24, 2.45) is 5.73 Å². The molecule has 0 aromatic heterocycles. The number of amides is 2. The van der Waals surface area contributed by atoms with Crippen LogP contribution >= 0.6 is 0 Å². The molecule has 0 radical (unpaired) electrons. The van der Waals surface area contributed by atoms with Crippen LogP contribution in [0.25, 0.3) is 0 Å². The molecule has 1 aromatic carbocycles. The molecule has 2 amide bonds. The number of primary amides is 1. The van der Waals surface area contributed by atoms with E-state index in [-0.39, 0.29) is 12.5 Å². The van der Waals surface area contributed by atoms with Gasteiger partial charge in [0.1, 0.15) is 5.75 Å². The van der Waals surface area contributed by atoms with E-state index in [4.69, 9.17) is 10.5 Å². The van der Waals surface area contributed by atoms with Gasteiger partial charge in [0.05, 0.1) is 13.2 Å². The van der Waals surface area contributed by atoms with Gasteiger partial charge in [-0.05, 0) is 18.6 Å². The summed E-state index contributed by atoms with van der Waals surface area (Å²) >= 11 is 0. The molecule has 1 rings (SSSR count). The summed E-state index contributed by atoms with van der Waals surface area (Å²) in [5.74, 6) is 0.0457. The summed E-state index contributed by atoms with van der Waals surface area (Å²) in [6.07, 6.45) is 0.916. The Morgan fingerprint density at radius 3 is 2.59 bits per heavy atom. The van der Waals surface area contributed by atoms with Gasteiger partial charge in [0.25, 0.3) is 0 Å². The number of carbonyl (C=O) groups excluding carboxylic acids is 2. The molecule has 0 heterocycles. The molecule has 0 spiro atoms. The first-order chi connectivity index (χ1) is 8.18. The number of hydrogen-bond acceptors (Lipinski definition) is 3. The lowest BCUT2D eigenvalue weighted by Crippen LogP contribution is -2.33. The highest BCUT2D eigenvalue weighted by molar-refractivity contribution is 5.83. The highest BCUT2D eigenvalue weighted by Crippen LogP contribution is 2.08. The van der Waals surface area contributed by atoms with Crippen LogP contribution in [0.3, 0.4) is 0 Å². The van der Waals surface area contributed by atoms with Gasteiger partial charge in [0.2, 0.25) is 11.8 Å². The molecular weight excluding hydrogens is 220 g/mol. The Bertz CT molecular complexity index is 365.